The summed E-state index contributed by atoms with van der Waals surface area (Å²) in [5.41, 5.74) is 6.85. The third-order valence-electron chi connectivity index (χ3n) is 4.19. The highest BCUT2D eigenvalue weighted by Gasteiger charge is 2.22. The minimum Gasteiger partial charge on any atom is -0.496 e. The van der Waals surface area contributed by atoms with Crippen molar-refractivity contribution < 1.29 is 9.53 Å². The number of benzene rings is 1. The van der Waals surface area contributed by atoms with Gasteiger partial charge in [-0.05, 0) is 37.8 Å². The normalized spacial score (nSPS) is 17.5. The van der Waals surface area contributed by atoms with E-state index in [1.807, 2.05) is 0 Å². The average Bonchev–Trinajstić information content (AvgIpc) is 2.47. The number of ether oxygens (including phenoxy) is 1. The van der Waals surface area contributed by atoms with Crippen LogP contribution in [0.4, 0.5) is 5.69 Å². The Kier molecular flexibility index (Phi) is 4.88. The lowest BCUT2D eigenvalue weighted by Gasteiger charge is -2.28. The molecule has 1 amide bonds. The molecule has 1 unspecified atom stereocenters. The molecule has 1 aromatic rings. The van der Waals surface area contributed by atoms with Crippen molar-refractivity contribution in [3.05, 3.63) is 23.8 Å². The number of hydrogen-bond donors (Lipinski definition) is 2. The van der Waals surface area contributed by atoms with Crippen molar-refractivity contribution in [2.45, 2.75) is 45.1 Å². The fourth-order valence-corrected chi connectivity index (χ4v) is 2.93. The molecule has 20 heavy (non-hydrogen) atoms. The Morgan fingerprint density at radius 1 is 1.35 bits per heavy atom. The first-order valence-corrected chi connectivity index (χ1v) is 7.36. The molecule has 0 aromatic heterocycles. The van der Waals surface area contributed by atoms with Gasteiger partial charge in [-0.25, -0.2) is 0 Å². The fraction of sp³-hybridized carbons (Fsp3) is 0.562. The Bertz CT molecular complexity index is 468. The maximum atomic E-state index is 12.4. The lowest BCUT2D eigenvalue weighted by Crippen LogP contribution is -2.39. The highest BCUT2D eigenvalue weighted by molar-refractivity contribution is 5.97. The summed E-state index contributed by atoms with van der Waals surface area (Å²) in [4.78, 5) is 12.4. The molecule has 1 aliphatic carbocycles. The SMILES string of the molecule is COc1cc(N)ccc1C(=O)NC(C)C1CCCCC1. The average molecular weight is 276 g/mol. The number of carbonyl (C=O) groups is 1. The molecule has 1 fully saturated rings. The zero-order chi connectivity index (χ0) is 14.5. The number of methoxy groups -OCH3 is 1. The summed E-state index contributed by atoms with van der Waals surface area (Å²) in [6, 6.07) is 5.32. The van der Waals surface area contributed by atoms with Crippen molar-refractivity contribution in [2.75, 3.05) is 12.8 Å². The van der Waals surface area contributed by atoms with E-state index in [2.05, 4.69) is 12.2 Å². The van der Waals surface area contributed by atoms with Crippen LogP contribution >= 0.6 is 0 Å². The number of rotatable bonds is 4. The molecule has 0 spiro atoms. The fourth-order valence-electron chi connectivity index (χ4n) is 2.93. The van der Waals surface area contributed by atoms with Crippen LogP contribution in [0.1, 0.15) is 49.4 Å². The van der Waals surface area contributed by atoms with E-state index in [-0.39, 0.29) is 11.9 Å². The molecular weight excluding hydrogens is 252 g/mol. The van der Waals surface area contributed by atoms with Gasteiger partial charge in [0, 0.05) is 17.8 Å². The first-order valence-electron chi connectivity index (χ1n) is 7.36. The number of nitrogen functional groups attached to an aromatic ring is 1. The monoisotopic (exact) mass is 276 g/mol. The summed E-state index contributed by atoms with van der Waals surface area (Å²) in [6.07, 6.45) is 6.29. The maximum absolute atomic E-state index is 12.4. The summed E-state index contributed by atoms with van der Waals surface area (Å²) in [7, 11) is 1.55. The number of carbonyl (C=O) groups excluding carboxylic acids is 1. The van der Waals surface area contributed by atoms with Crippen LogP contribution in [0.3, 0.4) is 0 Å². The van der Waals surface area contributed by atoms with Gasteiger partial charge in [0.1, 0.15) is 5.75 Å². The lowest BCUT2D eigenvalue weighted by atomic mass is 9.84. The maximum Gasteiger partial charge on any atom is 0.255 e. The minimum absolute atomic E-state index is 0.0834. The van der Waals surface area contributed by atoms with Gasteiger partial charge in [0.15, 0.2) is 0 Å². The molecule has 0 radical (unpaired) electrons. The molecule has 110 valence electrons. The number of hydrogen-bond acceptors (Lipinski definition) is 3. The zero-order valence-electron chi connectivity index (χ0n) is 12.3. The number of nitrogens with two attached hydrogens (primary N) is 1. The molecule has 1 aromatic carbocycles. The van der Waals surface area contributed by atoms with Crippen LogP contribution in [0.25, 0.3) is 0 Å². The summed E-state index contributed by atoms with van der Waals surface area (Å²) in [5.74, 6) is 1.03. The quantitative estimate of drug-likeness (QED) is 0.831. The second-order valence-corrected chi connectivity index (χ2v) is 5.62. The Labute approximate surface area is 120 Å². The molecule has 2 rings (SSSR count). The van der Waals surface area contributed by atoms with Crippen molar-refractivity contribution >= 4 is 11.6 Å². The third kappa shape index (κ3) is 3.44. The molecule has 0 bridgehead atoms. The van der Waals surface area contributed by atoms with Gasteiger partial charge in [-0.1, -0.05) is 19.3 Å². The van der Waals surface area contributed by atoms with Crippen LogP contribution in [0.2, 0.25) is 0 Å². The first-order chi connectivity index (χ1) is 9.61. The molecular formula is C16H24N2O2. The number of nitrogens with one attached hydrogen (secondary N) is 1. The second-order valence-electron chi connectivity index (χ2n) is 5.62. The Balaban J connectivity index is 2.03. The summed E-state index contributed by atoms with van der Waals surface area (Å²) in [6.45, 7) is 2.09. The van der Waals surface area contributed by atoms with Crippen LogP contribution in [0.15, 0.2) is 18.2 Å². The molecule has 1 aliphatic rings. The van der Waals surface area contributed by atoms with E-state index >= 15 is 0 Å². The van der Waals surface area contributed by atoms with E-state index < -0.39 is 0 Å². The van der Waals surface area contributed by atoms with Crippen LogP contribution in [-0.4, -0.2) is 19.1 Å². The first kappa shape index (κ1) is 14.7. The topological polar surface area (TPSA) is 64.3 Å². The van der Waals surface area contributed by atoms with E-state index in [1.165, 1.54) is 32.1 Å². The van der Waals surface area contributed by atoms with Gasteiger partial charge in [-0.15, -0.1) is 0 Å². The van der Waals surface area contributed by atoms with Crippen molar-refractivity contribution in [1.29, 1.82) is 0 Å². The highest BCUT2D eigenvalue weighted by Crippen LogP contribution is 2.27. The third-order valence-corrected chi connectivity index (χ3v) is 4.19. The van der Waals surface area contributed by atoms with Crippen molar-refractivity contribution in [3.63, 3.8) is 0 Å². The van der Waals surface area contributed by atoms with Gasteiger partial charge >= 0.3 is 0 Å². The van der Waals surface area contributed by atoms with Crippen LogP contribution in [-0.2, 0) is 0 Å². The zero-order valence-corrected chi connectivity index (χ0v) is 12.3. The summed E-state index contributed by atoms with van der Waals surface area (Å²) in [5, 5.41) is 3.10. The van der Waals surface area contributed by atoms with E-state index in [1.54, 1.807) is 25.3 Å². The van der Waals surface area contributed by atoms with Crippen molar-refractivity contribution in [1.82, 2.24) is 5.32 Å². The van der Waals surface area contributed by atoms with E-state index in [0.717, 1.165) is 0 Å². The number of amides is 1. The van der Waals surface area contributed by atoms with Crippen LogP contribution < -0.4 is 15.8 Å². The van der Waals surface area contributed by atoms with Gasteiger partial charge < -0.3 is 15.8 Å². The van der Waals surface area contributed by atoms with Crippen molar-refractivity contribution in [3.8, 4) is 5.75 Å². The molecule has 4 nitrogen and oxygen atoms in total. The van der Waals surface area contributed by atoms with Gasteiger partial charge in [-0.3, -0.25) is 4.79 Å². The van der Waals surface area contributed by atoms with Gasteiger partial charge in [0.2, 0.25) is 0 Å². The number of anilines is 1. The summed E-state index contributed by atoms with van der Waals surface area (Å²) >= 11 is 0. The van der Waals surface area contributed by atoms with E-state index in [9.17, 15) is 4.79 Å². The Hall–Kier alpha value is -1.71. The van der Waals surface area contributed by atoms with Gasteiger partial charge in [-0.2, -0.15) is 0 Å². The van der Waals surface area contributed by atoms with E-state index in [0.29, 0.717) is 22.9 Å². The van der Waals surface area contributed by atoms with Crippen LogP contribution in [0, 0.1) is 5.92 Å². The van der Waals surface area contributed by atoms with Crippen LogP contribution in [0.5, 0.6) is 5.75 Å². The molecule has 4 heteroatoms. The Morgan fingerprint density at radius 3 is 2.70 bits per heavy atom. The largest absolute Gasteiger partial charge is 0.496 e. The lowest BCUT2D eigenvalue weighted by molar-refractivity contribution is 0.0916. The van der Waals surface area contributed by atoms with Gasteiger partial charge in [0.25, 0.3) is 5.91 Å². The molecule has 0 aliphatic heterocycles. The Morgan fingerprint density at radius 2 is 2.05 bits per heavy atom. The standard InChI is InChI=1S/C16H24N2O2/c1-11(12-6-4-3-5-7-12)18-16(19)14-9-8-13(17)10-15(14)20-2/h8-12H,3-7,17H2,1-2H3,(H,18,19). The predicted octanol–water partition coefficient (Wildman–Crippen LogP) is 2.98. The predicted molar refractivity (Wildman–Crippen MR) is 80.9 cm³/mol. The molecule has 3 N–H and O–H groups in total. The minimum atomic E-state index is -0.0834. The van der Waals surface area contributed by atoms with Crippen molar-refractivity contribution in [2.24, 2.45) is 5.92 Å². The summed E-state index contributed by atoms with van der Waals surface area (Å²) < 4.78 is 5.23. The highest BCUT2D eigenvalue weighted by atomic mass is 16.5. The van der Waals surface area contributed by atoms with Gasteiger partial charge in [0.05, 0.1) is 12.7 Å². The molecule has 0 saturated heterocycles. The molecule has 1 saturated carbocycles. The molecule has 1 atom stereocenters. The molecule has 0 heterocycles. The smallest absolute Gasteiger partial charge is 0.255 e. The second kappa shape index (κ2) is 6.64. The van der Waals surface area contributed by atoms with E-state index in [4.69, 9.17) is 10.5 Å².